The van der Waals surface area contributed by atoms with Gasteiger partial charge in [-0.1, -0.05) is 31.2 Å². The first-order valence-corrected chi connectivity index (χ1v) is 16.7. The first-order valence-electron chi connectivity index (χ1n) is 12.1. The zero-order valence-corrected chi connectivity index (χ0v) is 24.2. The van der Waals surface area contributed by atoms with Crippen molar-refractivity contribution < 1.29 is 21.4 Å². The third kappa shape index (κ3) is 5.00. The van der Waals surface area contributed by atoms with Gasteiger partial charge in [0.2, 0.25) is 0 Å². The minimum Gasteiger partial charge on any atom is -0.282 e. The van der Waals surface area contributed by atoms with E-state index in [0.29, 0.717) is 32.9 Å². The van der Waals surface area contributed by atoms with E-state index >= 15 is 0 Å². The maximum absolute atomic E-state index is 12.6. The van der Waals surface area contributed by atoms with Gasteiger partial charge in [0.25, 0.3) is 20.1 Å². The summed E-state index contributed by atoms with van der Waals surface area (Å²) in [6, 6.07) is 24.4. The van der Waals surface area contributed by atoms with Crippen LogP contribution in [0.3, 0.4) is 0 Å². The molecule has 0 radical (unpaired) electrons. The maximum atomic E-state index is 12.6. The van der Waals surface area contributed by atoms with Crippen LogP contribution < -0.4 is 4.72 Å². The lowest BCUT2D eigenvalue weighted by atomic mass is 10.1. The second kappa shape index (κ2) is 10.1. The van der Waals surface area contributed by atoms with E-state index in [1.54, 1.807) is 42.5 Å². The Hall–Kier alpha value is -3.68. The van der Waals surface area contributed by atoms with Crippen molar-refractivity contribution in [2.24, 2.45) is 0 Å². The van der Waals surface area contributed by atoms with Crippen LogP contribution in [0.5, 0.6) is 0 Å². The highest BCUT2D eigenvalue weighted by Crippen LogP contribution is 2.38. The highest BCUT2D eigenvalue weighted by atomic mass is 32.2. The summed E-state index contributed by atoms with van der Waals surface area (Å²) in [6.07, 6.45) is 0.466. The molecule has 8 nitrogen and oxygen atoms in total. The van der Waals surface area contributed by atoms with Crippen LogP contribution in [0.1, 0.15) is 12.5 Å². The van der Waals surface area contributed by atoms with Gasteiger partial charge >= 0.3 is 0 Å². The molecule has 0 bridgehead atoms. The number of nitrogens with zero attached hydrogens (tertiary/aromatic N) is 2. The predicted molar refractivity (Wildman–Crippen MR) is 160 cm³/mol. The van der Waals surface area contributed by atoms with Gasteiger partial charge in [0.15, 0.2) is 0 Å². The van der Waals surface area contributed by atoms with Crippen LogP contribution in [-0.4, -0.2) is 31.4 Å². The Morgan fingerprint density at radius 1 is 0.775 bits per heavy atom. The van der Waals surface area contributed by atoms with Crippen molar-refractivity contribution >= 4 is 68.9 Å². The maximum Gasteiger partial charge on any atom is 0.296 e. The Morgan fingerprint density at radius 3 is 2.12 bits per heavy atom. The lowest BCUT2D eigenvalue weighted by Crippen LogP contribution is -2.12. The highest BCUT2D eigenvalue weighted by molar-refractivity contribution is 7.92. The molecule has 0 spiro atoms. The molecule has 0 fully saturated rings. The molecule has 0 unspecified atom stereocenters. The second-order valence-corrected chi connectivity index (χ2v) is 14.0. The van der Waals surface area contributed by atoms with Crippen molar-refractivity contribution in [3.05, 3.63) is 90.5 Å². The quantitative estimate of drug-likeness (QED) is 0.190. The zero-order valence-electron chi connectivity index (χ0n) is 20.9. The number of fused-ring (bicyclic) bond motifs is 2. The van der Waals surface area contributed by atoms with Gasteiger partial charge in [-0.05, 0) is 72.6 Å². The van der Waals surface area contributed by atoms with Gasteiger partial charge in [-0.15, -0.1) is 22.7 Å². The number of aryl methyl sites for hydroxylation is 1. The molecule has 6 rings (SSSR count). The molecule has 4 aromatic carbocycles. The Kier molecular flexibility index (Phi) is 6.67. The van der Waals surface area contributed by atoms with Crippen LogP contribution in [0.15, 0.2) is 94.7 Å². The van der Waals surface area contributed by atoms with Gasteiger partial charge in [-0.25, -0.2) is 18.4 Å². The monoisotopic (exact) mass is 607 g/mol. The van der Waals surface area contributed by atoms with Crippen molar-refractivity contribution in [3.8, 4) is 21.1 Å². The van der Waals surface area contributed by atoms with Crippen LogP contribution in [0, 0.1) is 0 Å². The van der Waals surface area contributed by atoms with E-state index in [-0.39, 0.29) is 9.79 Å². The van der Waals surface area contributed by atoms with Gasteiger partial charge < -0.3 is 0 Å². The molecule has 0 aliphatic rings. The molecular weight excluding hydrogens is 587 g/mol. The molecule has 0 aliphatic carbocycles. The summed E-state index contributed by atoms with van der Waals surface area (Å²) < 4.78 is 63.3. The van der Waals surface area contributed by atoms with Crippen molar-refractivity contribution in [2.45, 2.75) is 23.1 Å². The first-order chi connectivity index (χ1) is 19.1. The summed E-state index contributed by atoms with van der Waals surface area (Å²) in [5.41, 5.74) is 3.96. The van der Waals surface area contributed by atoms with Gasteiger partial charge in [-0.3, -0.25) is 9.27 Å². The number of benzene rings is 4. The van der Waals surface area contributed by atoms with Gasteiger partial charge in [-0.2, -0.15) is 8.42 Å². The number of aromatic nitrogens is 2. The lowest BCUT2D eigenvalue weighted by molar-refractivity contribution is 0.483. The van der Waals surface area contributed by atoms with Crippen molar-refractivity contribution in [3.63, 3.8) is 0 Å². The number of rotatable bonds is 7. The number of thiazole rings is 2. The molecule has 0 saturated carbocycles. The third-order valence-electron chi connectivity index (χ3n) is 6.31. The lowest BCUT2D eigenvalue weighted by Gasteiger charge is -2.08. The topological polar surface area (TPSA) is 126 Å². The van der Waals surface area contributed by atoms with Crippen molar-refractivity contribution in [1.82, 2.24) is 9.97 Å². The Labute approximate surface area is 238 Å². The minimum atomic E-state index is -4.41. The van der Waals surface area contributed by atoms with Crippen LogP contribution >= 0.6 is 22.7 Å². The zero-order chi connectivity index (χ0) is 28.1. The largest absolute Gasteiger partial charge is 0.296 e. The number of nitrogens with one attached hydrogen (secondary N) is 1. The van der Waals surface area contributed by atoms with Crippen molar-refractivity contribution in [2.75, 3.05) is 4.72 Å². The fraction of sp³-hybridized carbons (Fsp3) is 0.0714. The summed E-state index contributed by atoms with van der Waals surface area (Å²) in [5.74, 6) is 0. The summed E-state index contributed by atoms with van der Waals surface area (Å²) in [4.78, 5) is 9.48. The van der Waals surface area contributed by atoms with E-state index in [0.717, 1.165) is 26.4 Å². The first kappa shape index (κ1) is 26.5. The molecule has 0 atom stereocenters. The summed E-state index contributed by atoms with van der Waals surface area (Å²) in [7, 11) is -8.09. The molecule has 12 heteroatoms. The molecule has 0 aliphatic heterocycles. The molecular formula is C28H21N3O5S4. The van der Waals surface area contributed by atoms with Crippen LogP contribution in [0.25, 0.3) is 41.6 Å². The molecule has 0 amide bonds. The highest BCUT2D eigenvalue weighted by Gasteiger charge is 2.22. The number of sulfonamides is 1. The molecule has 202 valence electrons. The Balaban J connectivity index is 1.30. The van der Waals surface area contributed by atoms with Gasteiger partial charge in [0, 0.05) is 16.8 Å². The summed E-state index contributed by atoms with van der Waals surface area (Å²) in [5, 5.41) is 1.41. The van der Waals surface area contributed by atoms with Crippen molar-refractivity contribution in [1.29, 1.82) is 0 Å². The predicted octanol–water partition coefficient (Wildman–Crippen LogP) is 6.85. The van der Waals surface area contributed by atoms with Crippen LogP contribution in [0.4, 0.5) is 5.69 Å². The van der Waals surface area contributed by atoms with E-state index in [4.69, 9.17) is 4.98 Å². The fourth-order valence-corrected chi connectivity index (χ4v) is 8.81. The Morgan fingerprint density at radius 2 is 1.43 bits per heavy atom. The third-order valence-corrected chi connectivity index (χ3v) is 11.0. The summed E-state index contributed by atoms with van der Waals surface area (Å²) >= 11 is 2.71. The molecule has 2 heterocycles. The number of hydrogen-bond acceptors (Lipinski definition) is 8. The molecule has 6 aromatic rings. The van der Waals surface area contributed by atoms with E-state index in [9.17, 15) is 21.4 Å². The van der Waals surface area contributed by atoms with Crippen LogP contribution in [0.2, 0.25) is 0 Å². The molecule has 40 heavy (non-hydrogen) atoms. The van der Waals surface area contributed by atoms with E-state index in [1.165, 1.54) is 34.8 Å². The smallest absolute Gasteiger partial charge is 0.282 e. The fourth-order valence-electron chi connectivity index (χ4n) is 4.37. The number of anilines is 1. The minimum absolute atomic E-state index is 0.0769. The Bertz CT molecular complexity index is 2100. The van der Waals surface area contributed by atoms with E-state index in [2.05, 4.69) is 9.71 Å². The molecule has 0 saturated heterocycles. The van der Waals surface area contributed by atoms with Gasteiger partial charge in [0.05, 0.1) is 25.3 Å². The van der Waals surface area contributed by atoms with Crippen LogP contribution in [-0.2, 0) is 26.6 Å². The number of hydrogen-bond donors (Lipinski definition) is 2. The standard InChI is InChI=1S/C28H21N3O5S4/c1-2-17-10-15-23-25(26(17)40(34,35)36)38-28(30-23)19-11-14-22-24(16-19)37-27(29-22)18-8-12-20(13-9-18)31-39(32,33)21-6-4-3-5-7-21/h3-16,31H,2H2,1H3,(H,34,35,36). The second-order valence-electron chi connectivity index (χ2n) is 8.95. The normalized spacial score (nSPS) is 12.2. The van der Waals surface area contributed by atoms with E-state index in [1.807, 2.05) is 37.3 Å². The molecule has 2 N–H and O–H groups in total. The molecule has 2 aromatic heterocycles. The average molecular weight is 608 g/mol. The SMILES string of the molecule is CCc1ccc2nc(-c3ccc4nc(-c5ccc(NS(=O)(=O)c6ccccc6)cc5)sc4c3)sc2c1S(=O)(=O)O. The van der Waals surface area contributed by atoms with Gasteiger partial charge in [0.1, 0.15) is 14.9 Å². The summed E-state index contributed by atoms with van der Waals surface area (Å²) in [6.45, 7) is 1.84. The van der Waals surface area contributed by atoms with E-state index < -0.39 is 20.1 Å². The average Bonchev–Trinajstić information content (AvgIpc) is 3.56.